The van der Waals surface area contributed by atoms with Crippen molar-refractivity contribution in [3.05, 3.63) is 63.1 Å². The number of amides is 1. The van der Waals surface area contributed by atoms with Gasteiger partial charge in [0, 0.05) is 23.4 Å². The number of aromatic amines is 1. The first kappa shape index (κ1) is 17.7. The number of carbonyl (C=O) groups is 2. The quantitative estimate of drug-likeness (QED) is 0.857. The molecular formula is C22H24N2O3. The molecule has 0 saturated heterocycles. The summed E-state index contributed by atoms with van der Waals surface area (Å²) in [6, 6.07) is 9.35. The molecule has 0 spiro atoms. The van der Waals surface area contributed by atoms with Crippen LogP contribution in [0.4, 0.5) is 5.69 Å². The molecule has 0 unspecified atom stereocenters. The van der Waals surface area contributed by atoms with Gasteiger partial charge in [-0.15, -0.1) is 0 Å². The maximum absolute atomic E-state index is 12.6. The molecule has 1 aromatic heterocycles. The molecule has 27 heavy (non-hydrogen) atoms. The van der Waals surface area contributed by atoms with Crippen LogP contribution in [0.15, 0.2) is 35.1 Å². The molecule has 1 fully saturated rings. The van der Waals surface area contributed by atoms with Crippen LogP contribution in [-0.2, 0) is 6.42 Å². The molecule has 1 aromatic carbocycles. The number of aryl methyl sites for hydroxylation is 1. The number of nitrogens with one attached hydrogen (secondary N) is 2. The second-order valence-corrected chi connectivity index (χ2v) is 7.59. The van der Waals surface area contributed by atoms with Crippen molar-refractivity contribution in [2.75, 3.05) is 5.32 Å². The lowest BCUT2D eigenvalue weighted by Crippen LogP contribution is -2.27. The SMILES string of the molecule is O=C1CCCc2[nH]c(=O)c(C(=O)Nc3ccc(C4CCCCC4)cc3)cc21. The lowest BCUT2D eigenvalue weighted by molar-refractivity contribution is 0.0971. The number of pyridine rings is 1. The average molecular weight is 364 g/mol. The van der Waals surface area contributed by atoms with Gasteiger partial charge >= 0.3 is 0 Å². The number of anilines is 1. The summed E-state index contributed by atoms with van der Waals surface area (Å²) in [5.74, 6) is 0.110. The number of ketones is 1. The van der Waals surface area contributed by atoms with Gasteiger partial charge in [-0.2, -0.15) is 0 Å². The molecule has 4 rings (SSSR count). The zero-order valence-corrected chi connectivity index (χ0v) is 15.3. The number of aromatic nitrogens is 1. The Bertz CT molecular complexity index is 922. The molecule has 5 nitrogen and oxygen atoms in total. The highest BCUT2D eigenvalue weighted by atomic mass is 16.2. The molecule has 5 heteroatoms. The smallest absolute Gasteiger partial charge is 0.261 e. The van der Waals surface area contributed by atoms with Crippen LogP contribution in [0.3, 0.4) is 0 Å². The predicted octanol–water partition coefficient (Wildman–Crippen LogP) is 4.19. The van der Waals surface area contributed by atoms with Crippen LogP contribution in [0.1, 0.15) is 82.8 Å². The van der Waals surface area contributed by atoms with Crippen LogP contribution in [-0.4, -0.2) is 16.7 Å². The van der Waals surface area contributed by atoms with Crippen molar-refractivity contribution in [3.8, 4) is 0 Å². The Kier molecular flexibility index (Phi) is 4.92. The lowest BCUT2D eigenvalue weighted by Gasteiger charge is -2.22. The Balaban J connectivity index is 1.51. The van der Waals surface area contributed by atoms with E-state index in [0.29, 0.717) is 35.7 Å². The summed E-state index contributed by atoms with van der Waals surface area (Å²) in [5, 5.41) is 2.78. The van der Waals surface area contributed by atoms with E-state index in [9.17, 15) is 14.4 Å². The predicted molar refractivity (Wildman–Crippen MR) is 105 cm³/mol. The number of fused-ring (bicyclic) bond motifs is 1. The van der Waals surface area contributed by atoms with Gasteiger partial charge in [-0.05, 0) is 55.4 Å². The number of carbonyl (C=O) groups excluding carboxylic acids is 2. The van der Waals surface area contributed by atoms with Crippen molar-refractivity contribution >= 4 is 17.4 Å². The molecule has 1 saturated carbocycles. The summed E-state index contributed by atoms with van der Waals surface area (Å²) in [7, 11) is 0. The van der Waals surface area contributed by atoms with Gasteiger partial charge in [0.25, 0.3) is 11.5 Å². The first-order valence-corrected chi connectivity index (χ1v) is 9.82. The van der Waals surface area contributed by atoms with E-state index in [2.05, 4.69) is 22.4 Å². The van der Waals surface area contributed by atoms with E-state index >= 15 is 0 Å². The normalized spacial score (nSPS) is 17.4. The van der Waals surface area contributed by atoms with E-state index in [0.717, 1.165) is 6.42 Å². The second kappa shape index (κ2) is 7.51. The molecule has 2 aromatic rings. The van der Waals surface area contributed by atoms with Crippen LogP contribution < -0.4 is 10.9 Å². The van der Waals surface area contributed by atoms with Crippen molar-refractivity contribution in [2.24, 2.45) is 0 Å². The molecule has 0 radical (unpaired) electrons. The maximum Gasteiger partial charge on any atom is 0.261 e. The zero-order valence-electron chi connectivity index (χ0n) is 15.3. The molecule has 2 aliphatic rings. The number of benzene rings is 1. The van der Waals surface area contributed by atoms with Crippen LogP contribution >= 0.6 is 0 Å². The molecule has 1 amide bonds. The topological polar surface area (TPSA) is 79.0 Å². The van der Waals surface area contributed by atoms with Crippen molar-refractivity contribution < 1.29 is 9.59 Å². The minimum atomic E-state index is -0.483. The van der Waals surface area contributed by atoms with E-state index < -0.39 is 11.5 Å². The van der Waals surface area contributed by atoms with Crippen LogP contribution in [0.2, 0.25) is 0 Å². The fraction of sp³-hybridized carbons (Fsp3) is 0.409. The third-order valence-corrected chi connectivity index (χ3v) is 5.74. The number of H-pyrrole nitrogens is 1. The maximum atomic E-state index is 12.6. The van der Waals surface area contributed by atoms with Gasteiger partial charge in [-0.3, -0.25) is 14.4 Å². The van der Waals surface area contributed by atoms with Crippen molar-refractivity contribution in [1.82, 2.24) is 4.98 Å². The monoisotopic (exact) mass is 364 g/mol. The van der Waals surface area contributed by atoms with E-state index in [4.69, 9.17) is 0 Å². The first-order chi connectivity index (χ1) is 13.1. The van der Waals surface area contributed by atoms with Gasteiger partial charge in [0.15, 0.2) is 5.78 Å². The lowest BCUT2D eigenvalue weighted by atomic mass is 9.84. The van der Waals surface area contributed by atoms with Crippen molar-refractivity contribution in [3.63, 3.8) is 0 Å². The summed E-state index contributed by atoms with van der Waals surface area (Å²) in [6.45, 7) is 0. The molecule has 2 aliphatic carbocycles. The molecular weight excluding hydrogens is 340 g/mol. The summed E-state index contributed by atoms with van der Waals surface area (Å²) in [6.07, 6.45) is 8.20. The molecule has 1 heterocycles. The van der Waals surface area contributed by atoms with E-state index in [1.165, 1.54) is 43.7 Å². The fourth-order valence-corrected chi connectivity index (χ4v) is 4.22. The van der Waals surface area contributed by atoms with Crippen molar-refractivity contribution in [1.29, 1.82) is 0 Å². The van der Waals surface area contributed by atoms with Gasteiger partial charge in [0.1, 0.15) is 5.56 Å². The van der Waals surface area contributed by atoms with Crippen LogP contribution in [0.25, 0.3) is 0 Å². The number of hydrogen-bond donors (Lipinski definition) is 2. The molecule has 0 atom stereocenters. The highest BCUT2D eigenvalue weighted by Gasteiger charge is 2.22. The highest BCUT2D eigenvalue weighted by molar-refractivity contribution is 6.06. The second-order valence-electron chi connectivity index (χ2n) is 7.59. The number of Topliss-reactive ketones (excluding diaryl/α,β-unsaturated/α-hetero) is 1. The third kappa shape index (κ3) is 3.72. The van der Waals surface area contributed by atoms with E-state index in [1.54, 1.807) is 0 Å². The Labute approximate surface area is 158 Å². The van der Waals surface area contributed by atoms with Gasteiger partial charge in [0.2, 0.25) is 0 Å². The summed E-state index contributed by atoms with van der Waals surface area (Å²) < 4.78 is 0. The molecule has 140 valence electrons. The van der Waals surface area contributed by atoms with Crippen molar-refractivity contribution in [2.45, 2.75) is 57.3 Å². The number of hydrogen-bond acceptors (Lipinski definition) is 3. The van der Waals surface area contributed by atoms with Gasteiger partial charge in [0.05, 0.1) is 0 Å². The Hall–Kier alpha value is -2.69. The average Bonchev–Trinajstić information content (AvgIpc) is 2.69. The van der Waals surface area contributed by atoms with E-state index in [-0.39, 0.29) is 11.3 Å². The third-order valence-electron chi connectivity index (χ3n) is 5.74. The van der Waals surface area contributed by atoms with Crippen LogP contribution in [0, 0.1) is 0 Å². The first-order valence-electron chi connectivity index (χ1n) is 9.82. The number of rotatable bonds is 3. The largest absolute Gasteiger partial charge is 0.325 e. The zero-order chi connectivity index (χ0) is 18.8. The van der Waals surface area contributed by atoms with Gasteiger partial charge in [-0.1, -0.05) is 31.4 Å². The standard InChI is InChI=1S/C22H24N2O3/c25-20-8-4-7-19-17(20)13-18(22(27)24-19)21(26)23-16-11-9-15(10-12-16)14-5-2-1-3-6-14/h9-14H,1-8H2,(H,23,26)(H,24,27). The highest BCUT2D eigenvalue weighted by Crippen LogP contribution is 2.33. The molecule has 0 aliphatic heterocycles. The molecule has 2 N–H and O–H groups in total. The van der Waals surface area contributed by atoms with E-state index in [1.807, 2.05) is 12.1 Å². The Morgan fingerprint density at radius 1 is 0.963 bits per heavy atom. The minimum Gasteiger partial charge on any atom is -0.325 e. The Morgan fingerprint density at radius 3 is 2.44 bits per heavy atom. The Morgan fingerprint density at radius 2 is 1.70 bits per heavy atom. The summed E-state index contributed by atoms with van der Waals surface area (Å²) in [5.41, 5.74) is 2.62. The van der Waals surface area contributed by atoms with Crippen LogP contribution in [0.5, 0.6) is 0 Å². The van der Waals surface area contributed by atoms with Gasteiger partial charge < -0.3 is 10.3 Å². The summed E-state index contributed by atoms with van der Waals surface area (Å²) in [4.78, 5) is 39.6. The molecule has 0 bridgehead atoms. The van der Waals surface area contributed by atoms with Gasteiger partial charge in [-0.25, -0.2) is 0 Å². The summed E-state index contributed by atoms with van der Waals surface area (Å²) >= 11 is 0. The minimum absolute atomic E-state index is 0.0136. The fourth-order valence-electron chi connectivity index (χ4n) is 4.22.